The van der Waals surface area contributed by atoms with E-state index in [-0.39, 0.29) is 5.92 Å². The average molecular weight is 457 g/mol. The molecule has 0 aliphatic rings. The lowest BCUT2D eigenvalue weighted by Gasteiger charge is -2.20. The number of hydrogen-bond acceptors (Lipinski definition) is 5. The van der Waals surface area contributed by atoms with Gasteiger partial charge in [-0.2, -0.15) is 0 Å². The van der Waals surface area contributed by atoms with Gasteiger partial charge in [0.15, 0.2) is 5.65 Å². The zero-order valence-electron chi connectivity index (χ0n) is 18.9. The summed E-state index contributed by atoms with van der Waals surface area (Å²) in [7, 11) is -1.30. The lowest BCUT2D eigenvalue weighted by molar-refractivity contribution is -0.140. The largest absolute Gasteiger partial charge is 0.480 e. The number of carbonyl (C=O) groups excluding carboxylic acids is 1. The van der Waals surface area contributed by atoms with E-state index in [9.17, 15) is 18.9 Å². The van der Waals surface area contributed by atoms with Gasteiger partial charge < -0.3 is 10.4 Å². The van der Waals surface area contributed by atoms with E-state index in [0.717, 1.165) is 22.3 Å². The molecule has 1 amide bonds. The normalized spacial score (nSPS) is 14.2. The Bertz CT molecular complexity index is 1190. The first-order valence-electron chi connectivity index (χ1n) is 10.4. The Labute approximate surface area is 189 Å². The number of carboxylic acid groups (broad SMARTS) is 1. The quantitative estimate of drug-likeness (QED) is 0.538. The number of carboxylic acids is 1. The van der Waals surface area contributed by atoms with Gasteiger partial charge in [0.05, 0.1) is 17.3 Å². The third kappa shape index (κ3) is 4.88. The Hall–Kier alpha value is -3.07. The monoisotopic (exact) mass is 456 g/mol. The van der Waals surface area contributed by atoms with Gasteiger partial charge in [-0.25, -0.2) is 14.8 Å². The minimum atomic E-state index is -1.30. The number of nitrogens with one attached hydrogen (secondary N) is 1. The van der Waals surface area contributed by atoms with Crippen LogP contribution in [0, 0.1) is 19.8 Å². The number of aryl methyl sites for hydroxylation is 2. The SMILES string of the molecule is CC[C@H](C)[C@H](NC(=O)c1ccc(Cn2c(S(C)=O)nc3c(C)cc(C)nc32)cc1)C(=O)O. The first-order chi connectivity index (χ1) is 15.1. The molecule has 2 N–H and O–H groups in total. The van der Waals surface area contributed by atoms with Gasteiger partial charge in [0, 0.05) is 17.5 Å². The van der Waals surface area contributed by atoms with Crippen molar-refractivity contribution in [1.29, 1.82) is 0 Å². The summed E-state index contributed by atoms with van der Waals surface area (Å²) in [5.41, 5.74) is 4.48. The van der Waals surface area contributed by atoms with Gasteiger partial charge in [0.1, 0.15) is 11.6 Å². The topological polar surface area (TPSA) is 114 Å². The molecule has 3 aromatic rings. The van der Waals surface area contributed by atoms with Crippen LogP contribution in [0.1, 0.15) is 47.4 Å². The van der Waals surface area contributed by atoms with Crippen molar-refractivity contribution in [3.8, 4) is 0 Å². The summed E-state index contributed by atoms with van der Waals surface area (Å²) in [4.78, 5) is 33.2. The Kier molecular flexibility index (Phi) is 7.08. The number of fused-ring (bicyclic) bond motifs is 1. The van der Waals surface area contributed by atoms with Gasteiger partial charge >= 0.3 is 5.97 Å². The molecule has 170 valence electrons. The number of nitrogens with zero attached hydrogens (tertiary/aromatic N) is 3. The Morgan fingerprint density at radius 1 is 1.19 bits per heavy atom. The third-order valence-electron chi connectivity index (χ3n) is 5.57. The summed E-state index contributed by atoms with van der Waals surface area (Å²) >= 11 is 0. The van der Waals surface area contributed by atoms with E-state index in [1.54, 1.807) is 37.4 Å². The molecule has 0 aliphatic heterocycles. The predicted molar refractivity (Wildman–Crippen MR) is 123 cm³/mol. The lowest BCUT2D eigenvalue weighted by atomic mass is 9.99. The minimum Gasteiger partial charge on any atom is -0.480 e. The van der Waals surface area contributed by atoms with Gasteiger partial charge in [-0.3, -0.25) is 13.6 Å². The van der Waals surface area contributed by atoms with Crippen molar-refractivity contribution < 1.29 is 18.9 Å². The Morgan fingerprint density at radius 3 is 2.41 bits per heavy atom. The third-order valence-corrected chi connectivity index (χ3v) is 6.39. The van der Waals surface area contributed by atoms with E-state index in [0.29, 0.717) is 29.3 Å². The Balaban J connectivity index is 1.87. The fourth-order valence-corrected chi connectivity index (χ4v) is 4.28. The van der Waals surface area contributed by atoms with Crippen LogP contribution in [0.25, 0.3) is 11.2 Å². The van der Waals surface area contributed by atoms with Crippen molar-refractivity contribution in [3.05, 3.63) is 52.7 Å². The van der Waals surface area contributed by atoms with Crippen LogP contribution in [0.2, 0.25) is 0 Å². The summed E-state index contributed by atoms with van der Waals surface area (Å²) < 4.78 is 14.1. The van der Waals surface area contributed by atoms with Crippen LogP contribution in [-0.2, 0) is 22.1 Å². The van der Waals surface area contributed by atoms with Crippen LogP contribution < -0.4 is 5.32 Å². The number of carbonyl (C=O) groups is 2. The highest BCUT2D eigenvalue weighted by Crippen LogP contribution is 2.22. The highest BCUT2D eigenvalue weighted by molar-refractivity contribution is 7.84. The number of rotatable bonds is 8. The summed E-state index contributed by atoms with van der Waals surface area (Å²) in [6.07, 6.45) is 2.23. The first-order valence-corrected chi connectivity index (χ1v) is 12.0. The maximum atomic E-state index is 12.6. The number of amides is 1. The molecule has 9 heteroatoms. The molecule has 1 unspecified atom stereocenters. The van der Waals surface area contributed by atoms with Crippen molar-refractivity contribution in [2.24, 2.45) is 5.92 Å². The summed E-state index contributed by atoms with van der Waals surface area (Å²) in [5.74, 6) is -1.66. The van der Waals surface area contributed by atoms with E-state index >= 15 is 0 Å². The number of aliphatic carboxylic acids is 1. The molecule has 0 spiro atoms. The molecule has 32 heavy (non-hydrogen) atoms. The number of pyridine rings is 1. The van der Waals surface area contributed by atoms with E-state index in [1.165, 1.54) is 0 Å². The molecular formula is C23H28N4O4S. The molecule has 0 radical (unpaired) electrons. The number of benzene rings is 1. The fraction of sp³-hybridized carbons (Fsp3) is 0.391. The maximum Gasteiger partial charge on any atom is 0.326 e. The second kappa shape index (κ2) is 9.60. The predicted octanol–water partition coefficient (Wildman–Crippen LogP) is 3.06. The summed E-state index contributed by atoms with van der Waals surface area (Å²) in [5, 5.41) is 12.5. The van der Waals surface area contributed by atoms with Crippen molar-refractivity contribution >= 4 is 33.8 Å². The number of aromatic nitrogens is 3. The molecule has 3 rings (SSSR count). The molecule has 0 fully saturated rings. The van der Waals surface area contributed by atoms with Crippen molar-refractivity contribution in [2.45, 2.75) is 51.9 Å². The summed E-state index contributed by atoms with van der Waals surface area (Å²) in [6, 6.07) is 7.91. The zero-order chi connectivity index (χ0) is 23.6. The highest BCUT2D eigenvalue weighted by Gasteiger charge is 2.25. The molecule has 2 heterocycles. The molecule has 0 bridgehead atoms. The standard InChI is InChI=1S/C23H28N4O4S/c1-6-13(2)19(22(29)30)25-21(28)17-9-7-16(8-10-17)12-27-20-18(26-23(27)32(5)31)14(3)11-15(4)24-20/h7-11,13,19H,6,12H2,1-5H3,(H,25,28)(H,29,30)/t13-,19-,32?/m0/s1. The van der Waals surface area contributed by atoms with Crippen LogP contribution in [0.5, 0.6) is 0 Å². The molecule has 0 saturated carbocycles. The molecule has 0 aliphatic carbocycles. The van der Waals surface area contributed by atoms with Crippen molar-refractivity contribution in [1.82, 2.24) is 19.9 Å². The van der Waals surface area contributed by atoms with Gasteiger partial charge in [0.2, 0.25) is 5.16 Å². The average Bonchev–Trinajstić information content (AvgIpc) is 3.10. The molecule has 3 atom stereocenters. The first kappa shape index (κ1) is 23.6. The Morgan fingerprint density at radius 2 is 1.84 bits per heavy atom. The molecule has 0 saturated heterocycles. The minimum absolute atomic E-state index is 0.182. The van der Waals surface area contributed by atoms with Gasteiger partial charge in [0.25, 0.3) is 5.91 Å². The van der Waals surface area contributed by atoms with Gasteiger partial charge in [-0.1, -0.05) is 32.4 Å². The molecular weight excluding hydrogens is 428 g/mol. The van der Waals surface area contributed by atoms with E-state index in [1.807, 2.05) is 31.4 Å². The summed E-state index contributed by atoms with van der Waals surface area (Å²) in [6.45, 7) is 7.94. The van der Waals surface area contributed by atoms with Crippen LogP contribution in [-0.4, -0.2) is 48.0 Å². The molecule has 2 aromatic heterocycles. The van der Waals surface area contributed by atoms with E-state index in [4.69, 9.17) is 0 Å². The van der Waals surface area contributed by atoms with Gasteiger partial charge in [-0.05, 0) is 49.1 Å². The zero-order valence-corrected chi connectivity index (χ0v) is 19.7. The second-order valence-electron chi connectivity index (χ2n) is 8.06. The van der Waals surface area contributed by atoms with Crippen molar-refractivity contribution in [2.75, 3.05) is 6.26 Å². The smallest absolute Gasteiger partial charge is 0.326 e. The van der Waals surface area contributed by atoms with Crippen LogP contribution in [0.15, 0.2) is 35.5 Å². The van der Waals surface area contributed by atoms with E-state index in [2.05, 4.69) is 15.3 Å². The number of hydrogen-bond donors (Lipinski definition) is 2. The maximum absolute atomic E-state index is 12.6. The van der Waals surface area contributed by atoms with Crippen LogP contribution >= 0.6 is 0 Å². The second-order valence-corrected chi connectivity index (χ2v) is 9.33. The van der Waals surface area contributed by atoms with Crippen molar-refractivity contribution in [3.63, 3.8) is 0 Å². The fourth-order valence-electron chi connectivity index (χ4n) is 3.60. The lowest BCUT2D eigenvalue weighted by Crippen LogP contribution is -2.45. The van der Waals surface area contributed by atoms with E-state index < -0.39 is 28.7 Å². The number of imidazole rings is 1. The van der Waals surface area contributed by atoms with Crippen LogP contribution in [0.3, 0.4) is 0 Å². The molecule has 1 aromatic carbocycles. The molecule has 8 nitrogen and oxygen atoms in total. The van der Waals surface area contributed by atoms with Gasteiger partial charge in [-0.15, -0.1) is 0 Å². The highest BCUT2D eigenvalue weighted by atomic mass is 32.2. The van der Waals surface area contributed by atoms with Crippen LogP contribution in [0.4, 0.5) is 0 Å².